The number of carbonyl (C=O) groups excluding carboxylic acids is 1. The van der Waals surface area contributed by atoms with Crippen LogP contribution in [0.3, 0.4) is 0 Å². The van der Waals surface area contributed by atoms with Crippen molar-refractivity contribution in [1.29, 1.82) is 0 Å². The molecular formula is C14H11F3N2O. The van der Waals surface area contributed by atoms with Gasteiger partial charge >= 0.3 is 6.18 Å². The SMILES string of the molecule is CCc1ccnc(C(=O)c2cccc(C(F)(F)F)c2)n1. The van der Waals surface area contributed by atoms with Crippen molar-refractivity contribution in [3.63, 3.8) is 0 Å². The van der Waals surface area contributed by atoms with Gasteiger partial charge in [0.05, 0.1) is 5.56 Å². The van der Waals surface area contributed by atoms with Crippen molar-refractivity contribution in [2.75, 3.05) is 0 Å². The van der Waals surface area contributed by atoms with Gasteiger partial charge in [-0.05, 0) is 24.6 Å². The molecule has 0 saturated carbocycles. The lowest BCUT2D eigenvalue weighted by Gasteiger charge is -2.08. The number of benzene rings is 1. The number of rotatable bonds is 3. The molecule has 1 heterocycles. The number of halogens is 3. The summed E-state index contributed by atoms with van der Waals surface area (Å²) in [6.07, 6.45) is -2.44. The first-order valence-corrected chi connectivity index (χ1v) is 5.95. The normalized spacial score (nSPS) is 11.4. The molecule has 0 bridgehead atoms. The Bertz CT molecular complexity index is 638. The Kier molecular flexibility index (Phi) is 3.83. The van der Waals surface area contributed by atoms with Crippen molar-refractivity contribution >= 4 is 5.78 Å². The molecule has 0 fully saturated rings. The van der Waals surface area contributed by atoms with Crippen LogP contribution in [0.5, 0.6) is 0 Å². The van der Waals surface area contributed by atoms with E-state index >= 15 is 0 Å². The molecule has 0 spiro atoms. The molecule has 0 aliphatic heterocycles. The van der Waals surface area contributed by atoms with Crippen molar-refractivity contribution in [2.24, 2.45) is 0 Å². The van der Waals surface area contributed by atoms with E-state index in [9.17, 15) is 18.0 Å². The molecule has 3 nitrogen and oxygen atoms in total. The van der Waals surface area contributed by atoms with E-state index in [2.05, 4.69) is 9.97 Å². The third-order valence-electron chi connectivity index (χ3n) is 2.73. The van der Waals surface area contributed by atoms with Gasteiger partial charge in [-0.3, -0.25) is 4.79 Å². The van der Waals surface area contributed by atoms with Crippen LogP contribution >= 0.6 is 0 Å². The number of aromatic nitrogens is 2. The highest BCUT2D eigenvalue weighted by Crippen LogP contribution is 2.29. The minimum Gasteiger partial charge on any atom is -0.285 e. The van der Waals surface area contributed by atoms with E-state index in [1.165, 1.54) is 18.3 Å². The standard InChI is InChI=1S/C14H11F3N2O/c1-2-11-6-7-18-13(19-11)12(20)9-4-3-5-10(8-9)14(15,16)17/h3-8H,2H2,1H3. The molecule has 104 valence electrons. The Hall–Kier alpha value is -2.24. The fourth-order valence-corrected chi connectivity index (χ4v) is 1.67. The molecule has 0 saturated heterocycles. The van der Waals surface area contributed by atoms with Crippen molar-refractivity contribution in [3.05, 3.63) is 59.2 Å². The third-order valence-corrected chi connectivity index (χ3v) is 2.73. The van der Waals surface area contributed by atoms with Crippen LogP contribution in [0.2, 0.25) is 0 Å². The molecule has 1 aromatic carbocycles. The second kappa shape index (κ2) is 5.40. The Morgan fingerprint density at radius 1 is 1.25 bits per heavy atom. The molecule has 0 amide bonds. The van der Waals surface area contributed by atoms with Gasteiger partial charge in [-0.1, -0.05) is 19.1 Å². The van der Waals surface area contributed by atoms with Crippen molar-refractivity contribution in [2.45, 2.75) is 19.5 Å². The highest BCUT2D eigenvalue weighted by molar-refractivity contribution is 6.06. The van der Waals surface area contributed by atoms with Crippen LogP contribution in [-0.4, -0.2) is 15.8 Å². The maximum Gasteiger partial charge on any atom is 0.416 e. The van der Waals surface area contributed by atoms with Crippen LogP contribution in [0.1, 0.15) is 34.4 Å². The van der Waals surface area contributed by atoms with Crippen molar-refractivity contribution < 1.29 is 18.0 Å². The quantitative estimate of drug-likeness (QED) is 0.810. The maximum atomic E-state index is 12.6. The molecule has 0 aliphatic carbocycles. The van der Waals surface area contributed by atoms with E-state index in [-0.39, 0.29) is 11.4 Å². The second-order valence-corrected chi connectivity index (χ2v) is 4.13. The molecular weight excluding hydrogens is 269 g/mol. The number of aryl methyl sites for hydroxylation is 1. The first-order valence-electron chi connectivity index (χ1n) is 5.95. The summed E-state index contributed by atoms with van der Waals surface area (Å²) >= 11 is 0. The van der Waals surface area contributed by atoms with Gasteiger partial charge in [0.2, 0.25) is 11.6 Å². The molecule has 0 radical (unpaired) electrons. The van der Waals surface area contributed by atoms with Gasteiger partial charge in [-0.25, -0.2) is 9.97 Å². The summed E-state index contributed by atoms with van der Waals surface area (Å²) in [6.45, 7) is 1.86. The first kappa shape index (κ1) is 14.2. The number of carbonyl (C=O) groups is 1. The van der Waals surface area contributed by atoms with Gasteiger partial charge < -0.3 is 0 Å². The van der Waals surface area contributed by atoms with Gasteiger partial charge in [-0.2, -0.15) is 13.2 Å². The fraction of sp³-hybridized carbons (Fsp3) is 0.214. The molecule has 2 aromatic rings. The van der Waals surface area contributed by atoms with Gasteiger partial charge in [0.25, 0.3) is 0 Å². The number of ketones is 1. The van der Waals surface area contributed by atoms with Crippen LogP contribution in [0, 0.1) is 0 Å². The van der Waals surface area contributed by atoms with Crippen molar-refractivity contribution in [1.82, 2.24) is 9.97 Å². The summed E-state index contributed by atoms with van der Waals surface area (Å²) in [6, 6.07) is 5.90. The predicted octanol–water partition coefficient (Wildman–Crippen LogP) is 3.29. The molecule has 1 aromatic heterocycles. The lowest BCUT2D eigenvalue weighted by atomic mass is 10.1. The fourth-order valence-electron chi connectivity index (χ4n) is 1.67. The summed E-state index contributed by atoms with van der Waals surface area (Å²) < 4.78 is 37.8. The zero-order valence-corrected chi connectivity index (χ0v) is 10.6. The van der Waals surface area contributed by atoms with Crippen LogP contribution < -0.4 is 0 Å². The number of hydrogen-bond acceptors (Lipinski definition) is 3. The minimum atomic E-state index is -4.48. The smallest absolute Gasteiger partial charge is 0.285 e. The molecule has 2 rings (SSSR count). The van der Waals surface area contributed by atoms with Crippen LogP contribution in [0.4, 0.5) is 13.2 Å². The van der Waals surface area contributed by atoms with Crippen molar-refractivity contribution in [3.8, 4) is 0 Å². The summed E-state index contributed by atoms with van der Waals surface area (Å²) in [4.78, 5) is 19.9. The van der Waals surface area contributed by atoms with E-state index in [4.69, 9.17) is 0 Å². The molecule has 0 N–H and O–H groups in total. The lowest BCUT2D eigenvalue weighted by molar-refractivity contribution is -0.137. The van der Waals surface area contributed by atoms with E-state index in [1.54, 1.807) is 6.07 Å². The van der Waals surface area contributed by atoms with E-state index < -0.39 is 17.5 Å². The highest BCUT2D eigenvalue weighted by atomic mass is 19.4. The van der Waals surface area contributed by atoms with E-state index in [0.29, 0.717) is 12.1 Å². The lowest BCUT2D eigenvalue weighted by Crippen LogP contribution is -2.11. The van der Waals surface area contributed by atoms with E-state index in [1.807, 2.05) is 6.92 Å². The van der Waals surface area contributed by atoms with Gasteiger partial charge in [-0.15, -0.1) is 0 Å². The second-order valence-electron chi connectivity index (χ2n) is 4.13. The van der Waals surface area contributed by atoms with Crippen LogP contribution in [0.25, 0.3) is 0 Å². The Balaban J connectivity index is 2.38. The predicted molar refractivity (Wildman–Crippen MR) is 66.3 cm³/mol. The highest BCUT2D eigenvalue weighted by Gasteiger charge is 2.31. The van der Waals surface area contributed by atoms with Gasteiger partial charge in [0, 0.05) is 17.5 Å². The first-order chi connectivity index (χ1) is 9.41. The van der Waals surface area contributed by atoms with Gasteiger partial charge in [0.1, 0.15) is 0 Å². The summed E-state index contributed by atoms with van der Waals surface area (Å²) in [5.41, 5.74) is -0.279. The number of hydrogen-bond donors (Lipinski definition) is 0. The Morgan fingerprint density at radius 2 is 2.00 bits per heavy atom. The summed E-state index contributed by atoms with van der Waals surface area (Å²) in [5, 5.41) is 0. The average molecular weight is 280 g/mol. The molecule has 0 unspecified atom stereocenters. The Morgan fingerprint density at radius 3 is 2.65 bits per heavy atom. The zero-order valence-electron chi connectivity index (χ0n) is 10.6. The molecule has 20 heavy (non-hydrogen) atoms. The number of alkyl halides is 3. The maximum absolute atomic E-state index is 12.6. The summed E-state index contributed by atoms with van der Waals surface area (Å²) in [7, 11) is 0. The Labute approximate surface area is 113 Å². The molecule has 0 atom stereocenters. The average Bonchev–Trinajstić information content (AvgIpc) is 2.46. The minimum absolute atomic E-state index is 0.0759. The van der Waals surface area contributed by atoms with Crippen LogP contribution in [0.15, 0.2) is 36.5 Å². The largest absolute Gasteiger partial charge is 0.416 e. The van der Waals surface area contributed by atoms with Crippen LogP contribution in [-0.2, 0) is 12.6 Å². The van der Waals surface area contributed by atoms with Gasteiger partial charge in [0.15, 0.2) is 0 Å². The summed E-state index contributed by atoms with van der Waals surface area (Å²) in [5.74, 6) is -0.713. The molecule has 6 heteroatoms. The monoisotopic (exact) mass is 280 g/mol. The number of nitrogens with zero attached hydrogens (tertiary/aromatic N) is 2. The van der Waals surface area contributed by atoms with E-state index in [0.717, 1.165) is 12.1 Å². The molecule has 0 aliphatic rings. The third kappa shape index (κ3) is 3.01. The zero-order chi connectivity index (χ0) is 14.8. The topological polar surface area (TPSA) is 42.9 Å².